The summed E-state index contributed by atoms with van der Waals surface area (Å²) in [5.41, 5.74) is 3.65. The van der Waals surface area contributed by atoms with Crippen molar-refractivity contribution in [2.75, 3.05) is 0 Å². The SMILES string of the molecule is CCC(Sc1ccc(Cl)cc1)C(=O)NC(C)c1ccc(C)c(C)c1. The lowest BCUT2D eigenvalue weighted by Gasteiger charge is -2.20. The van der Waals surface area contributed by atoms with Crippen LogP contribution in [-0.2, 0) is 4.79 Å². The summed E-state index contributed by atoms with van der Waals surface area (Å²) in [7, 11) is 0. The maximum Gasteiger partial charge on any atom is 0.233 e. The second kappa shape index (κ2) is 8.59. The van der Waals surface area contributed by atoms with Gasteiger partial charge in [-0.25, -0.2) is 0 Å². The highest BCUT2D eigenvalue weighted by Crippen LogP contribution is 2.27. The van der Waals surface area contributed by atoms with Gasteiger partial charge in [-0.3, -0.25) is 4.79 Å². The van der Waals surface area contributed by atoms with Crippen molar-refractivity contribution in [3.8, 4) is 0 Å². The molecule has 24 heavy (non-hydrogen) atoms. The monoisotopic (exact) mass is 361 g/mol. The molecule has 2 aromatic carbocycles. The quantitative estimate of drug-likeness (QED) is 0.668. The van der Waals surface area contributed by atoms with Gasteiger partial charge in [0.1, 0.15) is 0 Å². The average Bonchev–Trinajstić information content (AvgIpc) is 2.56. The highest BCUT2D eigenvalue weighted by Gasteiger charge is 2.20. The predicted octanol–water partition coefficient (Wildman–Crippen LogP) is 5.70. The van der Waals surface area contributed by atoms with Crippen LogP contribution in [0, 0.1) is 13.8 Å². The summed E-state index contributed by atoms with van der Waals surface area (Å²) in [6.07, 6.45) is 0.777. The Morgan fingerprint density at radius 2 is 1.79 bits per heavy atom. The largest absolute Gasteiger partial charge is 0.349 e. The van der Waals surface area contributed by atoms with Crippen LogP contribution in [0.1, 0.15) is 43.0 Å². The summed E-state index contributed by atoms with van der Waals surface area (Å²) in [4.78, 5) is 13.7. The molecule has 1 N–H and O–H groups in total. The van der Waals surface area contributed by atoms with Crippen LogP contribution in [0.15, 0.2) is 47.4 Å². The van der Waals surface area contributed by atoms with Crippen molar-refractivity contribution in [1.29, 1.82) is 0 Å². The van der Waals surface area contributed by atoms with Crippen LogP contribution in [0.25, 0.3) is 0 Å². The van der Waals surface area contributed by atoms with Gasteiger partial charge < -0.3 is 5.32 Å². The van der Waals surface area contributed by atoms with Crippen molar-refractivity contribution in [2.24, 2.45) is 0 Å². The molecule has 0 saturated carbocycles. The first-order chi connectivity index (χ1) is 11.4. The fraction of sp³-hybridized carbons (Fsp3) is 0.350. The van der Waals surface area contributed by atoms with E-state index >= 15 is 0 Å². The third-order valence-electron chi connectivity index (χ3n) is 4.14. The summed E-state index contributed by atoms with van der Waals surface area (Å²) < 4.78 is 0. The molecule has 0 spiro atoms. The highest BCUT2D eigenvalue weighted by atomic mass is 35.5. The smallest absolute Gasteiger partial charge is 0.233 e. The Hall–Kier alpha value is -1.45. The van der Waals surface area contributed by atoms with Gasteiger partial charge in [0.2, 0.25) is 5.91 Å². The molecule has 0 aromatic heterocycles. The number of rotatable bonds is 6. The zero-order valence-corrected chi connectivity index (χ0v) is 16.2. The van der Waals surface area contributed by atoms with E-state index in [4.69, 9.17) is 11.6 Å². The van der Waals surface area contributed by atoms with Crippen molar-refractivity contribution < 1.29 is 4.79 Å². The molecular formula is C20H24ClNOS. The maximum absolute atomic E-state index is 12.6. The zero-order valence-electron chi connectivity index (χ0n) is 14.6. The van der Waals surface area contributed by atoms with E-state index in [1.807, 2.05) is 38.1 Å². The average molecular weight is 362 g/mol. The van der Waals surface area contributed by atoms with Crippen molar-refractivity contribution in [3.05, 3.63) is 64.2 Å². The molecule has 0 fully saturated rings. The molecule has 0 aliphatic heterocycles. The van der Waals surface area contributed by atoms with Gasteiger partial charge in [0, 0.05) is 9.92 Å². The number of carbonyl (C=O) groups is 1. The molecule has 2 nitrogen and oxygen atoms in total. The van der Waals surface area contributed by atoms with E-state index in [0.29, 0.717) is 5.02 Å². The number of thioether (sulfide) groups is 1. The van der Waals surface area contributed by atoms with E-state index in [2.05, 4.69) is 37.4 Å². The number of amides is 1. The van der Waals surface area contributed by atoms with E-state index in [-0.39, 0.29) is 17.2 Å². The van der Waals surface area contributed by atoms with Gasteiger partial charge >= 0.3 is 0 Å². The molecule has 128 valence electrons. The number of halogens is 1. The van der Waals surface area contributed by atoms with Gasteiger partial charge in [0.15, 0.2) is 0 Å². The normalized spacial score (nSPS) is 13.4. The molecule has 4 heteroatoms. The number of aryl methyl sites for hydroxylation is 2. The van der Waals surface area contributed by atoms with Crippen molar-refractivity contribution in [2.45, 2.75) is 50.3 Å². The third-order valence-corrected chi connectivity index (χ3v) is 5.77. The lowest BCUT2D eigenvalue weighted by atomic mass is 10.0. The standard InChI is InChI=1S/C20H24ClNOS/c1-5-19(24-18-10-8-17(21)9-11-18)20(23)22-15(4)16-7-6-13(2)14(3)12-16/h6-12,15,19H,5H2,1-4H3,(H,22,23). The summed E-state index contributed by atoms with van der Waals surface area (Å²) in [6.45, 7) is 8.26. The van der Waals surface area contributed by atoms with Crippen LogP contribution in [0.4, 0.5) is 0 Å². The lowest BCUT2D eigenvalue weighted by molar-refractivity contribution is -0.121. The molecule has 0 saturated heterocycles. The predicted molar refractivity (Wildman–Crippen MR) is 104 cm³/mol. The second-order valence-corrected chi connectivity index (χ2v) is 7.76. The van der Waals surface area contributed by atoms with Crippen LogP contribution < -0.4 is 5.32 Å². The Morgan fingerprint density at radius 1 is 1.12 bits per heavy atom. The van der Waals surface area contributed by atoms with Crippen molar-refractivity contribution >= 4 is 29.3 Å². The summed E-state index contributed by atoms with van der Waals surface area (Å²) in [6, 6.07) is 13.9. The highest BCUT2D eigenvalue weighted by molar-refractivity contribution is 8.00. The van der Waals surface area contributed by atoms with Gasteiger partial charge in [-0.1, -0.05) is 36.7 Å². The van der Waals surface area contributed by atoms with Crippen LogP contribution in [-0.4, -0.2) is 11.2 Å². The number of nitrogens with one attached hydrogen (secondary N) is 1. The Balaban J connectivity index is 2.02. The molecular weight excluding hydrogens is 338 g/mol. The summed E-state index contributed by atoms with van der Waals surface area (Å²) >= 11 is 7.49. The van der Waals surface area contributed by atoms with Crippen molar-refractivity contribution in [1.82, 2.24) is 5.32 Å². The second-order valence-electron chi connectivity index (χ2n) is 6.04. The first-order valence-electron chi connectivity index (χ1n) is 8.20. The van der Waals surface area contributed by atoms with E-state index in [0.717, 1.165) is 16.9 Å². The lowest BCUT2D eigenvalue weighted by Crippen LogP contribution is -2.34. The Kier molecular flexibility index (Phi) is 6.76. The van der Waals surface area contributed by atoms with Crippen molar-refractivity contribution in [3.63, 3.8) is 0 Å². The number of carbonyl (C=O) groups excluding carboxylic acids is 1. The van der Waals surface area contributed by atoms with Crippen LogP contribution in [0.5, 0.6) is 0 Å². The molecule has 0 radical (unpaired) electrons. The first kappa shape index (κ1) is 18.9. The summed E-state index contributed by atoms with van der Waals surface area (Å²) in [5, 5.41) is 3.74. The van der Waals surface area contributed by atoms with Gasteiger partial charge in [-0.05, 0) is 68.1 Å². The molecule has 2 aromatic rings. The minimum absolute atomic E-state index is 0.00309. The Morgan fingerprint density at radius 3 is 2.38 bits per heavy atom. The molecule has 1 amide bonds. The molecule has 0 aliphatic carbocycles. The van der Waals surface area contributed by atoms with Crippen LogP contribution in [0.3, 0.4) is 0 Å². The molecule has 0 bridgehead atoms. The molecule has 2 rings (SSSR count). The number of benzene rings is 2. The molecule has 2 atom stereocenters. The van der Waals surface area contributed by atoms with Gasteiger partial charge in [0.25, 0.3) is 0 Å². The van der Waals surface area contributed by atoms with E-state index in [9.17, 15) is 4.79 Å². The van der Waals surface area contributed by atoms with Crippen LogP contribution >= 0.6 is 23.4 Å². The van der Waals surface area contributed by atoms with Crippen LogP contribution in [0.2, 0.25) is 5.02 Å². The Bertz CT molecular complexity index is 699. The molecule has 2 unspecified atom stereocenters. The molecule has 0 heterocycles. The maximum atomic E-state index is 12.6. The number of hydrogen-bond donors (Lipinski definition) is 1. The first-order valence-corrected chi connectivity index (χ1v) is 9.46. The Labute approximate surface area is 154 Å². The zero-order chi connectivity index (χ0) is 17.7. The van der Waals surface area contributed by atoms with Gasteiger partial charge in [0.05, 0.1) is 11.3 Å². The fourth-order valence-corrected chi connectivity index (χ4v) is 3.51. The number of hydrogen-bond acceptors (Lipinski definition) is 2. The van der Waals surface area contributed by atoms with Gasteiger partial charge in [-0.15, -0.1) is 11.8 Å². The van der Waals surface area contributed by atoms with E-state index in [1.165, 1.54) is 11.1 Å². The minimum atomic E-state index is -0.111. The molecule has 0 aliphatic rings. The van der Waals surface area contributed by atoms with E-state index < -0.39 is 0 Å². The third kappa shape index (κ3) is 5.02. The minimum Gasteiger partial charge on any atom is -0.349 e. The fourth-order valence-electron chi connectivity index (χ4n) is 2.42. The van der Waals surface area contributed by atoms with Gasteiger partial charge in [-0.2, -0.15) is 0 Å². The van der Waals surface area contributed by atoms with E-state index in [1.54, 1.807) is 11.8 Å². The topological polar surface area (TPSA) is 29.1 Å². The summed E-state index contributed by atoms with van der Waals surface area (Å²) in [5.74, 6) is 0.0724.